The molecule has 1 saturated heterocycles. The summed E-state index contributed by atoms with van der Waals surface area (Å²) in [5.41, 5.74) is 0. The largest absolute Gasteiger partial charge is 0.368 e. The van der Waals surface area contributed by atoms with Crippen LogP contribution in [0.4, 0.5) is 5.82 Å². The maximum Gasteiger partial charge on any atom is 0.254 e. The van der Waals surface area contributed by atoms with E-state index in [-0.39, 0.29) is 12.0 Å². The van der Waals surface area contributed by atoms with Gasteiger partial charge in [0.1, 0.15) is 11.9 Å². The van der Waals surface area contributed by atoms with E-state index < -0.39 is 0 Å². The third-order valence-corrected chi connectivity index (χ3v) is 2.10. The van der Waals surface area contributed by atoms with Crippen LogP contribution >= 0.6 is 0 Å². The first-order valence-electron chi connectivity index (χ1n) is 4.61. The first-order valence-corrected chi connectivity index (χ1v) is 4.61. The number of hydrogen-bond donors (Lipinski definition) is 1. The van der Waals surface area contributed by atoms with Crippen molar-refractivity contribution in [1.82, 2.24) is 5.16 Å². The molecule has 76 valence electrons. The molecule has 0 radical (unpaired) electrons. The zero-order chi connectivity index (χ0) is 9.97. The summed E-state index contributed by atoms with van der Waals surface area (Å²) in [7, 11) is 0. The molecular formula is C9H12N2O3. The van der Waals surface area contributed by atoms with E-state index in [9.17, 15) is 4.79 Å². The van der Waals surface area contributed by atoms with Crippen LogP contribution in [-0.2, 0) is 9.53 Å². The summed E-state index contributed by atoms with van der Waals surface area (Å²) in [6, 6.07) is 1.67. The number of carbonyl (C=O) groups excluding carboxylic acids is 1. The number of anilines is 1. The standard InChI is InChI=1S/C9H12N2O3/c1-6-5-8(11-14-6)10-9(12)7-3-2-4-13-7/h5,7H,2-4H2,1H3,(H,10,11,12). The van der Waals surface area contributed by atoms with E-state index in [1.165, 1.54) is 0 Å². The van der Waals surface area contributed by atoms with Gasteiger partial charge in [-0.3, -0.25) is 4.79 Å². The Labute approximate surface area is 81.4 Å². The highest BCUT2D eigenvalue weighted by molar-refractivity contribution is 5.93. The second kappa shape index (κ2) is 3.79. The number of ether oxygens (including phenoxy) is 1. The number of aryl methyl sites for hydroxylation is 1. The second-order valence-corrected chi connectivity index (χ2v) is 3.31. The maximum absolute atomic E-state index is 11.5. The summed E-state index contributed by atoms with van der Waals surface area (Å²) < 4.78 is 10.0. The molecule has 0 aliphatic carbocycles. The highest BCUT2D eigenvalue weighted by atomic mass is 16.5. The monoisotopic (exact) mass is 196 g/mol. The minimum absolute atomic E-state index is 0.143. The predicted octanol–water partition coefficient (Wildman–Crippen LogP) is 1.10. The minimum Gasteiger partial charge on any atom is -0.368 e. The van der Waals surface area contributed by atoms with Gasteiger partial charge in [0.2, 0.25) is 0 Å². The van der Waals surface area contributed by atoms with E-state index >= 15 is 0 Å². The third-order valence-electron chi connectivity index (χ3n) is 2.10. The number of amides is 1. The molecule has 14 heavy (non-hydrogen) atoms. The number of nitrogens with zero attached hydrogens (tertiary/aromatic N) is 1. The lowest BCUT2D eigenvalue weighted by Crippen LogP contribution is -2.26. The van der Waals surface area contributed by atoms with Crippen LogP contribution in [0.1, 0.15) is 18.6 Å². The maximum atomic E-state index is 11.5. The molecule has 1 aliphatic heterocycles. The number of hydrogen-bond acceptors (Lipinski definition) is 4. The van der Waals surface area contributed by atoms with Gasteiger partial charge in [-0.1, -0.05) is 5.16 Å². The number of rotatable bonds is 2. The molecule has 1 atom stereocenters. The van der Waals surface area contributed by atoms with Crippen LogP contribution in [-0.4, -0.2) is 23.8 Å². The van der Waals surface area contributed by atoms with Gasteiger partial charge in [-0.2, -0.15) is 0 Å². The zero-order valence-corrected chi connectivity index (χ0v) is 7.95. The minimum atomic E-state index is -0.327. The van der Waals surface area contributed by atoms with Crippen molar-refractivity contribution >= 4 is 11.7 Å². The molecule has 2 heterocycles. The van der Waals surface area contributed by atoms with Crippen molar-refractivity contribution < 1.29 is 14.1 Å². The summed E-state index contributed by atoms with van der Waals surface area (Å²) in [4.78, 5) is 11.5. The molecule has 2 rings (SSSR count). The summed E-state index contributed by atoms with van der Waals surface area (Å²) in [6.45, 7) is 2.44. The lowest BCUT2D eigenvalue weighted by Gasteiger charge is -2.07. The fourth-order valence-corrected chi connectivity index (χ4v) is 1.42. The van der Waals surface area contributed by atoms with Gasteiger partial charge in [-0.25, -0.2) is 0 Å². The fourth-order valence-electron chi connectivity index (χ4n) is 1.42. The van der Waals surface area contributed by atoms with Gasteiger partial charge in [-0.15, -0.1) is 0 Å². The highest BCUT2D eigenvalue weighted by Crippen LogP contribution is 2.14. The lowest BCUT2D eigenvalue weighted by molar-refractivity contribution is -0.124. The van der Waals surface area contributed by atoms with E-state index in [0.29, 0.717) is 18.2 Å². The lowest BCUT2D eigenvalue weighted by atomic mass is 10.2. The number of carbonyl (C=O) groups is 1. The molecule has 0 bridgehead atoms. The Kier molecular flexibility index (Phi) is 2.49. The Morgan fingerprint density at radius 2 is 2.57 bits per heavy atom. The molecule has 1 unspecified atom stereocenters. The zero-order valence-electron chi connectivity index (χ0n) is 7.95. The Morgan fingerprint density at radius 3 is 3.14 bits per heavy atom. The van der Waals surface area contributed by atoms with E-state index in [1.54, 1.807) is 13.0 Å². The number of nitrogens with one attached hydrogen (secondary N) is 1. The quantitative estimate of drug-likeness (QED) is 0.769. The predicted molar refractivity (Wildman–Crippen MR) is 48.8 cm³/mol. The van der Waals surface area contributed by atoms with Gasteiger partial charge in [-0.05, 0) is 19.8 Å². The highest BCUT2D eigenvalue weighted by Gasteiger charge is 2.24. The van der Waals surface area contributed by atoms with Crippen molar-refractivity contribution in [3.05, 3.63) is 11.8 Å². The molecule has 0 saturated carbocycles. The summed E-state index contributed by atoms with van der Waals surface area (Å²) in [5, 5.41) is 6.30. The van der Waals surface area contributed by atoms with Crippen molar-refractivity contribution in [1.29, 1.82) is 0 Å². The molecule has 1 N–H and O–H groups in total. The van der Waals surface area contributed by atoms with Crippen LogP contribution in [0, 0.1) is 6.92 Å². The van der Waals surface area contributed by atoms with Gasteiger partial charge >= 0.3 is 0 Å². The van der Waals surface area contributed by atoms with Crippen LogP contribution < -0.4 is 5.32 Å². The first-order chi connectivity index (χ1) is 6.75. The average Bonchev–Trinajstić information content (AvgIpc) is 2.75. The van der Waals surface area contributed by atoms with E-state index in [0.717, 1.165) is 12.8 Å². The van der Waals surface area contributed by atoms with Crippen molar-refractivity contribution in [2.45, 2.75) is 25.9 Å². The van der Waals surface area contributed by atoms with Crippen LogP contribution in [0.3, 0.4) is 0 Å². The molecular weight excluding hydrogens is 184 g/mol. The van der Waals surface area contributed by atoms with Crippen LogP contribution in [0.25, 0.3) is 0 Å². The molecule has 1 aromatic heterocycles. The Morgan fingerprint density at radius 1 is 1.71 bits per heavy atom. The van der Waals surface area contributed by atoms with Crippen molar-refractivity contribution in [3.8, 4) is 0 Å². The van der Waals surface area contributed by atoms with E-state index in [1.807, 2.05) is 0 Å². The van der Waals surface area contributed by atoms with Crippen molar-refractivity contribution in [3.63, 3.8) is 0 Å². The SMILES string of the molecule is Cc1cc(NC(=O)C2CCCO2)no1. The topological polar surface area (TPSA) is 64.4 Å². The van der Waals surface area contributed by atoms with Gasteiger partial charge in [0, 0.05) is 12.7 Å². The van der Waals surface area contributed by atoms with Crippen LogP contribution in [0.2, 0.25) is 0 Å². The summed E-state index contributed by atoms with van der Waals surface area (Å²) in [6.07, 6.45) is 1.39. The van der Waals surface area contributed by atoms with Crippen molar-refractivity contribution in [2.75, 3.05) is 11.9 Å². The fraction of sp³-hybridized carbons (Fsp3) is 0.556. The molecule has 1 aliphatic rings. The van der Waals surface area contributed by atoms with E-state index in [2.05, 4.69) is 10.5 Å². The Balaban J connectivity index is 1.93. The van der Waals surface area contributed by atoms with Gasteiger partial charge in [0.15, 0.2) is 5.82 Å². The molecule has 1 fully saturated rings. The van der Waals surface area contributed by atoms with Gasteiger partial charge in [0.25, 0.3) is 5.91 Å². The molecule has 1 amide bonds. The summed E-state index contributed by atoms with van der Waals surface area (Å²) >= 11 is 0. The van der Waals surface area contributed by atoms with Gasteiger partial charge in [0.05, 0.1) is 0 Å². The first kappa shape index (κ1) is 9.21. The third kappa shape index (κ3) is 1.93. The molecule has 5 heteroatoms. The van der Waals surface area contributed by atoms with Crippen molar-refractivity contribution in [2.24, 2.45) is 0 Å². The molecule has 5 nitrogen and oxygen atoms in total. The Hall–Kier alpha value is -1.36. The molecule has 0 spiro atoms. The van der Waals surface area contributed by atoms with E-state index in [4.69, 9.17) is 9.26 Å². The Bertz CT molecular complexity index is 329. The van der Waals surface area contributed by atoms with Crippen LogP contribution in [0.5, 0.6) is 0 Å². The normalized spacial score (nSPS) is 21.1. The number of aromatic nitrogens is 1. The van der Waals surface area contributed by atoms with Crippen LogP contribution in [0.15, 0.2) is 10.6 Å². The average molecular weight is 196 g/mol. The molecule has 0 aromatic carbocycles. The summed E-state index contributed by atoms with van der Waals surface area (Å²) in [5.74, 6) is 0.978. The van der Waals surface area contributed by atoms with Gasteiger partial charge < -0.3 is 14.6 Å². The second-order valence-electron chi connectivity index (χ2n) is 3.31. The smallest absolute Gasteiger partial charge is 0.254 e. The molecule has 1 aromatic rings.